The number of nitrogens with one attached hydrogen (secondary N) is 1. The molecular formula is C15H20N2OS. The van der Waals surface area contributed by atoms with Crippen LogP contribution in [0.3, 0.4) is 0 Å². The molecule has 1 N–H and O–H groups in total. The summed E-state index contributed by atoms with van der Waals surface area (Å²) in [6, 6.07) is 10.6. The molecule has 2 unspecified atom stereocenters. The van der Waals surface area contributed by atoms with Gasteiger partial charge in [-0.2, -0.15) is 0 Å². The molecule has 1 aliphatic carbocycles. The average molecular weight is 276 g/mol. The summed E-state index contributed by atoms with van der Waals surface area (Å²) in [6.07, 6.45) is 4.06. The highest BCUT2D eigenvalue weighted by atomic mass is 32.2. The molecule has 1 heterocycles. The second-order valence-corrected chi connectivity index (χ2v) is 6.11. The summed E-state index contributed by atoms with van der Waals surface area (Å²) in [7, 11) is 0. The highest BCUT2D eigenvalue weighted by Gasteiger charge is 2.31. The largest absolute Gasteiger partial charge is 0.492 e. The zero-order valence-corrected chi connectivity index (χ0v) is 11.9. The molecule has 0 aromatic heterocycles. The van der Waals surface area contributed by atoms with E-state index in [1.807, 2.05) is 42.1 Å². The van der Waals surface area contributed by atoms with E-state index >= 15 is 0 Å². The van der Waals surface area contributed by atoms with E-state index in [-0.39, 0.29) is 0 Å². The molecule has 1 saturated heterocycles. The molecule has 1 aromatic rings. The summed E-state index contributed by atoms with van der Waals surface area (Å²) in [5, 5.41) is 4.68. The van der Waals surface area contributed by atoms with Crippen molar-refractivity contribution < 1.29 is 4.74 Å². The van der Waals surface area contributed by atoms with Crippen LogP contribution in [0.2, 0.25) is 0 Å². The zero-order valence-electron chi connectivity index (χ0n) is 11.0. The van der Waals surface area contributed by atoms with Crippen LogP contribution in [0.4, 0.5) is 0 Å². The molecule has 19 heavy (non-hydrogen) atoms. The quantitative estimate of drug-likeness (QED) is 0.859. The molecule has 3 rings (SSSR count). The number of hydrogen-bond donors (Lipinski definition) is 1. The first-order valence-electron chi connectivity index (χ1n) is 7.03. The fraction of sp³-hybridized carbons (Fsp3) is 0.533. The van der Waals surface area contributed by atoms with Crippen molar-refractivity contribution in [2.24, 2.45) is 10.9 Å². The summed E-state index contributed by atoms with van der Waals surface area (Å²) >= 11 is 1.87. The minimum absolute atomic E-state index is 0.643. The van der Waals surface area contributed by atoms with E-state index in [1.54, 1.807) is 0 Å². The Morgan fingerprint density at radius 2 is 2.16 bits per heavy atom. The molecule has 2 aliphatic rings. The predicted molar refractivity (Wildman–Crippen MR) is 81.0 cm³/mol. The van der Waals surface area contributed by atoms with Gasteiger partial charge in [-0.15, -0.1) is 0 Å². The maximum Gasteiger partial charge on any atom is 0.156 e. The number of amidine groups is 1. The molecule has 1 aromatic carbocycles. The van der Waals surface area contributed by atoms with E-state index < -0.39 is 0 Å². The standard InChI is InChI=1S/C15H20N2OS/c1-2-6-13(7-3-1)18-10-9-16-15-17-14-8-4-5-12(14)11-19-15/h1-3,6-7,12,14H,4-5,8-11H2,(H,16,17). The summed E-state index contributed by atoms with van der Waals surface area (Å²) in [4.78, 5) is 4.60. The van der Waals surface area contributed by atoms with Gasteiger partial charge in [-0.25, -0.2) is 0 Å². The van der Waals surface area contributed by atoms with Crippen molar-refractivity contribution in [2.75, 3.05) is 18.9 Å². The maximum atomic E-state index is 5.64. The molecule has 2 fully saturated rings. The molecule has 3 nitrogen and oxygen atoms in total. The molecule has 102 valence electrons. The van der Waals surface area contributed by atoms with Crippen LogP contribution in [0.5, 0.6) is 5.75 Å². The number of rotatable bonds is 4. The van der Waals surface area contributed by atoms with Gasteiger partial charge >= 0.3 is 0 Å². The SMILES string of the molecule is c1ccc(OCCN=C2NC3CCCC3CS2)cc1. The minimum atomic E-state index is 0.643. The molecule has 1 saturated carbocycles. The minimum Gasteiger partial charge on any atom is -0.492 e. The van der Waals surface area contributed by atoms with Crippen LogP contribution in [0.15, 0.2) is 35.3 Å². The molecule has 1 aliphatic heterocycles. The third kappa shape index (κ3) is 3.44. The van der Waals surface area contributed by atoms with Crippen LogP contribution in [0.1, 0.15) is 19.3 Å². The number of nitrogens with zero attached hydrogens (tertiary/aromatic N) is 1. The number of aliphatic imine (C=N–C) groups is 1. The Morgan fingerprint density at radius 3 is 3.05 bits per heavy atom. The van der Waals surface area contributed by atoms with Crippen molar-refractivity contribution in [1.82, 2.24) is 5.32 Å². The van der Waals surface area contributed by atoms with Crippen molar-refractivity contribution >= 4 is 16.9 Å². The molecule has 0 radical (unpaired) electrons. The smallest absolute Gasteiger partial charge is 0.156 e. The Morgan fingerprint density at radius 1 is 1.26 bits per heavy atom. The lowest BCUT2D eigenvalue weighted by molar-refractivity contribution is 0.328. The Kier molecular flexibility index (Phi) is 4.28. The lowest BCUT2D eigenvalue weighted by Gasteiger charge is -2.28. The van der Waals surface area contributed by atoms with Gasteiger partial charge in [0.25, 0.3) is 0 Å². The lowest BCUT2D eigenvalue weighted by atomic mass is 10.1. The average Bonchev–Trinajstić information content (AvgIpc) is 2.92. The zero-order chi connectivity index (χ0) is 12.9. The molecule has 0 spiro atoms. The van der Waals surface area contributed by atoms with Gasteiger partial charge in [0.05, 0.1) is 6.54 Å². The monoisotopic (exact) mass is 276 g/mol. The van der Waals surface area contributed by atoms with Gasteiger partial charge in [0, 0.05) is 11.8 Å². The fourth-order valence-electron chi connectivity index (χ4n) is 2.73. The molecule has 4 heteroatoms. The first kappa shape index (κ1) is 12.9. The predicted octanol–water partition coefficient (Wildman–Crippen LogP) is 2.93. The van der Waals surface area contributed by atoms with Crippen LogP contribution in [-0.2, 0) is 0 Å². The van der Waals surface area contributed by atoms with Crippen molar-refractivity contribution in [3.8, 4) is 5.75 Å². The Balaban J connectivity index is 1.43. The molecule has 0 bridgehead atoms. The Labute approximate surface area is 118 Å². The van der Waals surface area contributed by atoms with Crippen LogP contribution < -0.4 is 10.1 Å². The van der Waals surface area contributed by atoms with Gasteiger partial charge in [-0.1, -0.05) is 36.4 Å². The van der Waals surface area contributed by atoms with E-state index in [9.17, 15) is 0 Å². The summed E-state index contributed by atoms with van der Waals surface area (Å²) in [5.74, 6) is 3.02. The van der Waals surface area contributed by atoms with E-state index in [1.165, 1.54) is 25.0 Å². The first-order chi connectivity index (χ1) is 9.42. The summed E-state index contributed by atoms with van der Waals surface area (Å²) in [6.45, 7) is 1.37. The van der Waals surface area contributed by atoms with Crippen molar-refractivity contribution in [3.63, 3.8) is 0 Å². The third-order valence-corrected chi connectivity index (χ3v) is 4.88. The highest BCUT2D eigenvalue weighted by Crippen LogP contribution is 2.32. The topological polar surface area (TPSA) is 33.6 Å². The number of benzene rings is 1. The van der Waals surface area contributed by atoms with Crippen molar-refractivity contribution in [1.29, 1.82) is 0 Å². The van der Waals surface area contributed by atoms with Crippen LogP contribution in [0.25, 0.3) is 0 Å². The van der Waals surface area contributed by atoms with Crippen LogP contribution >= 0.6 is 11.8 Å². The highest BCUT2D eigenvalue weighted by molar-refractivity contribution is 8.13. The van der Waals surface area contributed by atoms with Crippen molar-refractivity contribution in [2.45, 2.75) is 25.3 Å². The van der Waals surface area contributed by atoms with E-state index in [2.05, 4.69) is 10.3 Å². The Bertz CT molecular complexity index is 435. The summed E-state index contributed by atoms with van der Waals surface area (Å²) < 4.78 is 5.64. The second-order valence-electron chi connectivity index (χ2n) is 5.10. The second kappa shape index (κ2) is 6.33. The van der Waals surface area contributed by atoms with Crippen LogP contribution in [0, 0.1) is 5.92 Å². The van der Waals surface area contributed by atoms with E-state index in [4.69, 9.17) is 4.74 Å². The molecular weight excluding hydrogens is 256 g/mol. The van der Waals surface area contributed by atoms with Gasteiger partial charge < -0.3 is 10.1 Å². The third-order valence-electron chi connectivity index (χ3n) is 3.76. The van der Waals surface area contributed by atoms with Crippen molar-refractivity contribution in [3.05, 3.63) is 30.3 Å². The lowest BCUT2D eigenvalue weighted by Crippen LogP contribution is -2.41. The van der Waals surface area contributed by atoms with E-state index in [0.717, 1.165) is 23.4 Å². The molecule has 2 atom stereocenters. The number of ether oxygens (including phenoxy) is 1. The number of hydrogen-bond acceptors (Lipinski definition) is 3. The normalized spacial score (nSPS) is 27.9. The summed E-state index contributed by atoms with van der Waals surface area (Å²) in [5.41, 5.74) is 0. The van der Waals surface area contributed by atoms with Gasteiger partial charge in [-0.3, -0.25) is 4.99 Å². The van der Waals surface area contributed by atoms with E-state index in [0.29, 0.717) is 12.6 Å². The maximum absolute atomic E-state index is 5.64. The number of fused-ring (bicyclic) bond motifs is 1. The fourth-order valence-corrected chi connectivity index (χ4v) is 3.92. The van der Waals surface area contributed by atoms with Gasteiger partial charge in [0.1, 0.15) is 12.4 Å². The van der Waals surface area contributed by atoms with Gasteiger partial charge in [0.15, 0.2) is 5.17 Å². The number of thioether (sulfide) groups is 1. The number of para-hydroxylation sites is 1. The molecule has 0 amide bonds. The van der Waals surface area contributed by atoms with Crippen LogP contribution in [-0.4, -0.2) is 30.1 Å². The Hall–Kier alpha value is -1.16. The first-order valence-corrected chi connectivity index (χ1v) is 8.02. The van der Waals surface area contributed by atoms with Gasteiger partial charge in [0.2, 0.25) is 0 Å². The van der Waals surface area contributed by atoms with Gasteiger partial charge in [-0.05, 0) is 30.9 Å².